The van der Waals surface area contributed by atoms with Gasteiger partial charge in [-0.25, -0.2) is 9.38 Å². The first-order valence-corrected chi connectivity index (χ1v) is 6.27. The minimum Gasteiger partial charge on any atom is -0.487 e. The number of nitrogens with zero attached hydrogens (tertiary/aromatic N) is 4. The fraction of sp³-hybridized carbons (Fsp3) is 0.154. The molecule has 8 nitrogen and oxygen atoms in total. The van der Waals surface area contributed by atoms with Crippen LogP contribution >= 0.6 is 0 Å². The maximum atomic E-state index is 13.4. The molecule has 0 radical (unpaired) electrons. The van der Waals surface area contributed by atoms with Crippen molar-refractivity contribution in [2.24, 2.45) is 34.2 Å². The smallest absolute Gasteiger partial charge is 0.223 e. The quantitative estimate of drug-likeness (QED) is 0.554. The van der Waals surface area contributed by atoms with E-state index in [-0.39, 0.29) is 24.2 Å². The van der Waals surface area contributed by atoms with Gasteiger partial charge in [-0.2, -0.15) is 10.1 Å². The lowest BCUT2D eigenvalue weighted by molar-refractivity contribution is 0.307. The van der Waals surface area contributed by atoms with Crippen LogP contribution in [-0.2, 0) is 13.7 Å². The van der Waals surface area contributed by atoms with Crippen LogP contribution in [0.1, 0.15) is 5.56 Å². The van der Waals surface area contributed by atoms with Gasteiger partial charge in [0.2, 0.25) is 5.96 Å². The van der Waals surface area contributed by atoms with Gasteiger partial charge in [0.15, 0.2) is 5.96 Å². The van der Waals surface area contributed by atoms with Crippen molar-refractivity contribution in [1.82, 2.24) is 9.78 Å². The molecule has 22 heavy (non-hydrogen) atoms. The van der Waals surface area contributed by atoms with Crippen molar-refractivity contribution in [3.05, 3.63) is 42.0 Å². The van der Waals surface area contributed by atoms with Crippen molar-refractivity contribution in [2.45, 2.75) is 6.61 Å². The molecule has 1 heterocycles. The molecule has 0 aliphatic rings. The fourth-order valence-electron chi connectivity index (χ4n) is 1.69. The van der Waals surface area contributed by atoms with Crippen LogP contribution in [0.2, 0.25) is 0 Å². The van der Waals surface area contributed by atoms with Gasteiger partial charge in [-0.15, -0.1) is 0 Å². The Bertz CT molecular complexity index is 719. The maximum Gasteiger partial charge on any atom is 0.223 e. The van der Waals surface area contributed by atoms with E-state index in [0.717, 1.165) is 5.56 Å². The van der Waals surface area contributed by atoms with E-state index in [2.05, 4.69) is 15.1 Å². The van der Waals surface area contributed by atoms with Gasteiger partial charge in [0.05, 0.1) is 6.20 Å². The monoisotopic (exact) mass is 305 g/mol. The third kappa shape index (κ3) is 4.20. The number of ether oxygens (including phenoxy) is 1. The first-order valence-electron chi connectivity index (χ1n) is 6.27. The molecule has 0 spiro atoms. The summed E-state index contributed by atoms with van der Waals surface area (Å²) >= 11 is 0. The van der Waals surface area contributed by atoms with E-state index in [4.69, 9.17) is 21.9 Å². The molecule has 0 saturated carbocycles. The molecule has 0 atom stereocenters. The van der Waals surface area contributed by atoms with Crippen LogP contribution in [0.15, 0.2) is 40.6 Å². The van der Waals surface area contributed by atoms with E-state index in [1.807, 2.05) is 0 Å². The lowest BCUT2D eigenvalue weighted by Crippen LogP contribution is -2.26. The van der Waals surface area contributed by atoms with Gasteiger partial charge in [-0.1, -0.05) is 0 Å². The van der Waals surface area contributed by atoms with Crippen molar-refractivity contribution in [3.63, 3.8) is 0 Å². The Balaban J connectivity index is 2.22. The predicted molar refractivity (Wildman–Crippen MR) is 81.0 cm³/mol. The summed E-state index contributed by atoms with van der Waals surface area (Å²) in [6.45, 7) is 0.254. The first kappa shape index (κ1) is 15.3. The third-order valence-corrected chi connectivity index (χ3v) is 2.55. The van der Waals surface area contributed by atoms with E-state index in [0.29, 0.717) is 5.75 Å². The largest absolute Gasteiger partial charge is 0.487 e. The Labute approximate surface area is 126 Å². The number of aryl methyl sites for hydroxylation is 1. The summed E-state index contributed by atoms with van der Waals surface area (Å²) in [5, 5.41) is 4.03. The summed E-state index contributed by atoms with van der Waals surface area (Å²) in [6.07, 6.45) is 3.47. The van der Waals surface area contributed by atoms with Crippen molar-refractivity contribution in [3.8, 4) is 5.75 Å². The summed E-state index contributed by atoms with van der Waals surface area (Å²) in [4.78, 5) is 7.51. The molecule has 0 saturated heterocycles. The van der Waals surface area contributed by atoms with Crippen LogP contribution in [0.5, 0.6) is 5.75 Å². The van der Waals surface area contributed by atoms with E-state index in [1.54, 1.807) is 24.1 Å². The molecule has 6 N–H and O–H groups in total. The van der Waals surface area contributed by atoms with E-state index < -0.39 is 5.82 Å². The minimum atomic E-state index is -0.482. The molecule has 0 bridgehead atoms. The second-order valence-corrected chi connectivity index (χ2v) is 4.43. The fourth-order valence-corrected chi connectivity index (χ4v) is 1.69. The molecule has 2 aromatic rings. The zero-order chi connectivity index (χ0) is 16.1. The van der Waals surface area contributed by atoms with Crippen LogP contribution in [0, 0.1) is 5.82 Å². The third-order valence-electron chi connectivity index (χ3n) is 2.55. The normalized spacial score (nSPS) is 11.3. The summed E-state index contributed by atoms with van der Waals surface area (Å²) in [5.74, 6) is -0.573. The summed E-state index contributed by atoms with van der Waals surface area (Å²) in [7, 11) is 1.80. The van der Waals surface area contributed by atoms with E-state index in [1.165, 1.54) is 18.2 Å². The molecule has 2 rings (SSSR count). The molecule has 0 fully saturated rings. The van der Waals surface area contributed by atoms with Gasteiger partial charge in [-0.05, 0) is 12.1 Å². The summed E-state index contributed by atoms with van der Waals surface area (Å²) in [6, 6.07) is 3.88. The van der Waals surface area contributed by atoms with E-state index >= 15 is 0 Å². The molecule has 0 aliphatic heterocycles. The number of rotatable bonds is 4. The average molecular weight is 305 g/mol. The predicted octanol–water partition coefficient (Wildman–Crippen LogP) is 0.358. The second kappa shape index (κ2) is 6.57. The van der Waals surface area contributed by atoms with Crippen LogP contribution < -0.4 is 21.9 Å². The molecule has 116 valence electrons. The van der Waals surface area contributed by atoms with Gasteiger partial charge < -0.3 is 21.9 Å². The standard InChI is InChI=1S/C13H16FN7O/c1-21-6-8(5-18-21)7-22-11-3-2-9(14)4-10(11)19-13(17)20-12(15)16/h2-6H,7H2,1H3,(H6,15,16,17,19,20). The number of hydrogen-bond acceptors (Lipinski definition) is 3. The highest BCUT2D eigenvalue weighted by Crippen LogP contribution is 2.29. The summed E-state index contributed by atoms with van der Waals surface area (Å²) in [5.41, 5.74) is 17.0. The molecular weight excluding hydrogens is 289 g/mol. The van der Waals surface area contributed by atoms with Crippen molar-refractivity contribution < 1.29 is 9.13 Å². The van der Waals surface area contributed by atoms with Crippen molar-refractivity contribution in [2.75, 3.05) is 0 Å². The zero-order valence-corrected chi connectivity index (χ0v) is 11.9. The lowest BCUT2D eigenvalue weighted by Gasteiger charge is -2.08. The Morgan fingerprint density at radius 1 is 1.36 bits per heavy atom. The van der Waals surface area contributed by atoms with Crippen LogP contribution in [0.4, 0.5) is 10.1 Å². The van der Waals surface area contributed by atoms with Crippen molar-refractivity contribution in [1.29, 1.82) is 0 Å². The Morgan fingerprint density at radius 2 is 2.14 bits per heavy atom. The van der Waals surface area contributed by atoms with Gasteiger partial charge in [-0.3, -0.25) is 4.68 Å². The highest BCUT2D eigenvalue weighted by molar-refractivity contribution is 5.93. The molecule has 1 aromatic heterocycles. The summed E-state index contributed by atoms with van der Waals surface area (Å²) < 4.78 is 20.6. The average Bonchev–Trinajstić information content (AvgIpc) is 2.82. The number of aliphatic imine (C=N–C) groups is 2. The highest BCUT2D eigenvalue weighted by atomic mass is 19.1. The molecule has 1 aromatic carbocycles. The molecular formula is C13H16FN7O. The number of benzene rings is 1. The van der Waals surface area contributed by atoms with Crippen LogP contribution in [-0.4, -0.2) is 21.7 Å². The Morgan fingerprint density at radius 3 is 2.77 bits per heavy atom. The number of hydrogen-bond donors (Lipinski definition) is 3. The minimum absolute atomic E-state index is 0.186. The molecule has 0 unspecified atom stereocenters. The zero-order valence-electron chi connectivity index (χ0n) is 11.9. The van der Waals surface area contributed by atoms with Crippen LogP contribution in [0.3, 0.4) is 0 Å². The maximum absolute atomic E-state index is 13.4. The molecule has 0 amide bonds. The number of guanidine groups is 2. The topological polar surface area (TPSA) is 130 Å². The lowest BCUT2D eigenvalue weighted by atomic mass is 10.3. The molecule has 9 heteroatoms. The van der Waals surface area contributed by atoms with Crippen molar-refractivity contribution >= 4 is 17.6 Å². The highest BCUT2D eigenvalue weighted by Gasteiger charge is 2.07. The Hall–Kier alpha value is -3.10. The molecule has 0 aliphatic carbocycles. The van der Waals surface area contributed by atoms with Gasteiger partial charge in [0.1, 0.15) is 23.9 Å². The van der Waals surface area contributed by atoms with Gasteiger partial charge >= 0.3 is 0 Å². The Kier molecular flexibility index (Phi) is 4.57. The second-order valence-electron chi connectivity index (χ2n) is 4.43. The number of aromatic nitrogens is 2. The van der Waals surface area contributed by atoms with Gasteiger partial charge in [0.25, 0.3) is 0 Å². The first-order chi connectivity index (χ1) is 10.4. The van der Waals surface area contributed by atoms with Crippen LogP contribution in [0.25, 0.3) is 0 Å². The van der Waals surface area contributed by atoms with Gasteiger partial charge in [0, 0.05) is 24.9 Å². The number of halogens is 1. The van der Waals surface area contributed by atoms with E-state index in [9.17, 15) is 4.39 Å². The number of nitrogens with two attached hydrogens (primary N) is 3. The SMILES string of the molecule is Cn1cc(COc2ccc(F)cc2N=C(N)N=C(N)N)cn1.